The monoisotopic (exact) mass is 396 g/mol. The van der Waals surface area contributed by atoms with Crippen LogP contribution in [0.25, 0.3) is 0 Å². The van der Waals surface area contributed by atoms with Crippen LogP contribution in [0.3, 0.4) is 0 Å². The van der Waals surface area contributed by atoms with Gasteiger partial charge in [0.15, 0.2) is 0 Å². The normalized spacial score (nSPS) is 18.7. The SMILES string of the molecule is O=CNC1(C(C(=O)O)(c2ccc(Cl)cc2Cl)n2cncn2)CCCCC1. The van der Waals surface area contributed by atoms with E-state index in [1.807, 2.05) is 0 Å². The molecule has 1 fully saturated rings. The lowest BCUT2D eigenvalue weighted by molar-refractivity contribution is -0.152. The van der Waals surface area contributed by atoms with Crippen LogP contribution in [0.1, 0.15) is 37.7 Å². The number of rotatable bonds is 6. The standard InChI is InChI=1S/C17H18Cl2N4O3/c18-12-4-5-13(14(19)8-12)17(15(25)26,23-10-20-9-22-23)16(21-11-24)6-2-1-3-7-16/h4-5,8-11H,1-3,6-7H2,(H,21,24)(H,25,26). The Balaban J connectivity index is 2.37. The predicted octanol–water partition coefficient (Wildman–Crippen LogP) is 2.86. The van der Waals surface area contributed by atoms with Crippen LogP contribution in [0.2, 0.25) is 10.0 Å². The van der Waals surface area contributed by atoms with Crippen LogP contribution in [0, 0.1) is 0 Å². The lowest BCUT2D eigenvalue weighted by Crippen LogP contribution is -2.68. The molecule has 0 bridgehead atoms. The minimum absolute atomic E-state index is 0.188. The molecule has 3 rings (SSSR count). The number of hydrogen-bond donors (Lipinski definition) is 2. The van der Waals surface area contributed by atoms with Crippen LogP contribution in [0.5, 0.6) is 0 Å². The van der Waals surface area contributed by atoms with Crippen molar-refractivity contribution >= 4 is 35.6 Å². The van der Waals surface area contributed by atoms with Gasteiger partial charge in [-0.15, -0.1) is 0 Å². The van der Waals surface area contributed by atoms with Crippen molar-refractivity contribution < 1.29 is 14.7 Å². The molecule has 1 aliphatic carbocycles. The number of aromatic nitrogens is 3. The molecule has 26 heavy (non-hydrogen) atoms. The average Bonchev–Trinajstić information content (AvgIpc) is 3.13. The van der Waals surface area contributed by atoms with E-state index in [1.54, 1.807) is 12.1 Å². The van der Waals surface area contributed by atoms with E-state index in [1.165, 1.54) is 23.4 Å². The number of halogens is 2. The maximum absolute atomic E-state index is 12.8. The fourth-order valence-corrected chi connectivity index (χ4v) is 4.61. The Kier molecular flexibility index (Phi) is 5.20. The maximum Gasteiger partial charge on any atom is 0.338 e. The molecule has 0 saturated heterocycles. The zero-order valence-corrected chi connectivity index (χ0v) is 15.4. The second kappa shape index (κ2) is 7.25. The lowest BCUT2D eigenvalue weighted by Gasteiger charge is -2.49. The lowest BCUT2D eigenvalue weighted by atomic mass is 9.64. The van der Waals surface area contributed by atoms with E-state index < -0.39 is 17.0 Å². The highest BCUT2D eigenvalue weighted by molar-refractivity contribution is 6.35. The van der Waals surface area contributed by atoms with Gasteiger partial charge < -0.3 is 10.4 Å². The molecule has 2 N–H and O–H groups in total. The van der Waals surface area contributed by atoms with Crippen LogP contribution >= 0.6 is 23.2 Å². The number of carboxylic acids is 1. The van der Waals surface area contributed by atoms with E-state index in [-0.39, 0.29) is 5.02 Å². The second-order valence-corrected chi connectivity index (χ2v) is 7.23. The molecule has 1 unspecified atom stereocenters. The smallest absolute Gasteiger partial charge is 0.338 e. The van der Waals surface area contributed by atoms with E-state index in [4.69, 9.17) is 23.2 Å². The molecule has 1 saturated carbocycles. The first-order valence-corrected chi connectivity index (χ1v) is 8.99. The highest BCUT2D eigenvalue weighted by atomic mass is 35.5. The van der Waals surface area contributed by atoms with Crippen LogP contribution in [0.15, 0.2) is 30.9 Å². The molecule has 1 amide bonds. The Bertz CT molecular complexity index is 806. The van der Waals surface area contributed by atoms with Crippen molar-refractivity contribution in [2.75, 3.05) is 0 Å². The zero-order valence-electron chi connectivity index (χ0n) is 13.9. The first-order chi connectivity index (χ1) is 12.5. The Morgan fingerprint density at radius 3 is 2.58 bits per heavy atom. The zero-order chi connectivity index (χ0) is 18.8. The number of carbonyl (C=O) groups excluding carboxylic acids is 1. The van der Waals surface area contributed by atoms with Crippen LogP contribution in [-0.4, -0.2) is 37.8 Å². The number of carboxylic acid groups (broad SMARTS) is 1. The van der Waals surface area contributed by atoms with E-state index in [2.05, 4.69) is 15.4 Å². The Labute approximate surface area is 160 Å². The summed E-state index contributed by atoms with van der Waals surface area (Å²) >= 11 is 12.4. The molecule has 1 aromatic heterocycles. The first kappa shape index (κ1) is 18.7. The highest BCUT2D eigenvalue weighted by Gasteiger charge is 2.61. The largest absolute Gasteiger partial charge is 0.479 e. The van der Waals surface area contributed by atoms with Crippen molar-refractivity contribution in [3.8, 4) is 0 Å². The minimum atomic E-state index is -1.76. The van der Waals surface area contributed by atoms with Crippen LogP contribution in [-0.2, 0) is 15.1 Å². The van der Waals surface area contributed by atoms with Crippen LogP contribution in [0.4, 0.5) is 0 Å². The van der Waals surface area contributed by atoms with Gasteiger partial charge in [-0.1, -0.05) is 48.5 Å². The summed E-state index contributed by atoms with van der Waals surface area (Å²) in [6, 6.07) is 4.64. The van der Waals surface area contributed by atoms with Crippen molar-refractivity contribution in [2.45, 2.75) is 43.2 Å². The van der Waals surface area contributed by atoms with Gasteiger partial charge in [0, 0.05) is 15.6 Å². The van der Waals surface area contributed by atoms with Crippen molar-refractivity contribution in [3.63, 3.8) is 0 Å². The summed E-state index contributed by atoms with van der Waals surface area (Å²) in [5, 5.41) is 18.0. The number of aliphatic carboxylic acids is 1. The number of nitrogens with one attached hydrogen (secondary N) is 1. The molecule has 1 heterocycles. The molecular formula is C17H18Cl2N4O3. The number of carbonyl (C=O) groups is 2. The van der Waals surface area contributed by atoms with Crippen molar-refractivity contribution in [2.24, 2.45) is 0 Å². The third-order valence-corrected chi connectivity index (χ3v) is 5.68. The van der Waals surface area contributed by atoms with E-state index in [0.717, 1.165) is 19.3 Å². The molecule has 0 aliphatic heterocycles. The van der Waals surface area contributed by atoms with Crippen molar-refractivity contribution in [1.82, 2.24) is 20.1 Å². The van der Waals surface area contributed by atoms with Gasteiger partial charge in [0.2, 0.25) is 11.9 Å². The number of nitrogens with zero attached hydrogens (tertiary/aromatic N) is 3. The van der Waals surface area contributed by atoms with Gasteiger partial charge in [-0.05, 0) is 25.0 Å². The molecule has 0 radical (unpaired) electrons. The topological polar surface area (TPSA) is 97.1 Å². The first-order valence-electron chi connectivity index (χ1n) is 8.23. The van der Waals surface area contributed by atoms with E-state index >= 15 is 0 Å². The van der Waals surface area contributed by atoms with Gasteiger partial charge in [0.25, 0.3) is 0 Å². The van der Waals surface area contributed by atoms with E-state index in [9.17, 15) is 14.7 Å². The Hall–Kier alpha value is -2.12. The molecule has 1 atom stereocenters. The summed E-state index contributed by atoms with van der Waals surface area (Å²) < 4.78 is 1.27. The molecule has 1 aliphatic rings. The van der Waals surface area contributed by atoms with Gasteiger partial charge >= 0.3 is 5.97 Å². The van der Waals surface area contributed by atoms with Gasteiger partial charge in [-0.25, -0.2) is 14.5 Å². The summed E-state index contributed by atoms with van der Waals surface area (Å²) in [5.74, 6) is -1.18. The van der Waals surface area contributed by atoms with Gasteiger partial charge in [0.05, 0.1) is 5.54 Å². The number of benzene rings is 1. The predicted molar refractivity (Wildman–Crippen MR) is 96.2 cm³/mol. The maximum atomic E-state index is 12.8. The highest BCUT2D eigenvalue weighted by Crippen LogP contribution is 2.47. The van der Waals surface area contributed by atoms with E-state index in [0.29, 0.717) is 29.8 Å². The van der Waals surface area contributed by atoms with Gasteiger partial charge in [-0.2, -0.15) is 5.10 Å². The van der Waals surface area contributed by atoms with Gasteiger partial charge in [0.1, 0.15) is 12.7 Å². The number of amides is 1. The summed E-state index contributed by atoms with van der Waals surface area (Å²) in [5.41, 5.74) is -2.56. The fraction of sp³-hybridized carbons (Fsp3) is 0.412. The third-order valence-electron chi connectivity index (χ3n) is 5.13. The van der Waals surface area contributed by atoms with Crippen molar-refractivity contribution in [3.05, 3.63) is 46.5 Å². The van der Waals surface area contributed by atoms with Crippen LogP contribution < -0.4 is 5.32 Å². The minimum Gasteiger partial charge on any atom is -0.479 e. The molecule has 2 aromatic rings. The van der Waals surface area contributed by atoms with Crippen molar-refractivity contribution in [1.29, 1.82) is 0 Å². The molecular weight excluding hydrogens is 379 g/mol. The average molecular weight is 397 g/mol. The Morgan fingerprint density at radius 2 is 2.04 bits per heavy atom. The summed E-state index contributed by atoms with van der Waals surface area (Å²) in [6.45, 7) is 0. The molecule has 7 nitrogen and oxygen atoms in total. The molecule has 138 valence electrons. The molecule has 0 spiro atoms. The fourth-order valence-electron chi connectivity index (χ4n) is 4.06. The summed E-state index contributed by atoms with van der Waals surface area (Å²) in [4.78, 5) is 28.2. The number of hydrogen-bond acceptors (Lipinski definition) is 4. The van der Waals surface area contributed by atoms with Gasteiger partial charge in [-0.3, -0.25) is 4.79 Å². The molecule has 1 aromatic carbocycles. The summed E-state index contributed by atoms with van der Waals surface area (Å²) in [7, 11) is 0. The third kappa shape index (κ3) is 2.75. The quantitative estimate of drug-likeness (QED) is 0.731. The Morgan fingerprint density at radius 1 is 1.31 bits per heavy atom. The second-order valence-electron chi connectivity index (χ2n) is 6.38. The summed E-state index contributed by atoms with van der Waals surface area (Å²) in [6.07, 6.45) is 6.59. The molecule has 9 heteroatoms.